The molecule has 0 aliphatic carbocycles. The minimum absolute atomic E-state index is 0.0217. The molecule has 0 radical (unpaired) electrons. The molecule has 0 aromatic carbocycles. The van der Waals surface area contributed by atoms with Crippen LogP contribution in [0.4, 0.5) is 0 Å². The van der Waals surface area contributed by atoms with E-state index in [2.05, 4.69) is 5.16 Å². The van der Waals surface area contributed by atoms with Crippen molar-refractivity contribution < 1.29 is 14.7 Å². The molecule has 0 amide bonds. The van der Waals surface area contributed by atoms with Gasteiger partial charge in [-0.2, -0.15) is 0 Å². The molecule has 0 aromatic rings. The minimum atomic E-state index is -1.09. The fourth-order valence-electron chi connectivity index (χ4n) is 0.959. The molecule has 1 heterocycles. The van der Waals surface area contributed by atoms with Crippen molar-refractivity contribution in [3.8, 4) is 0 Å². The van der Waals surface area contributed by atoms with Crippen molar-refractivity contribution in [2.75, 3.05) is 13.2 Å². The van der Waals surface area contributed by atoms with Gasteiger partial charge in [0.25, 0.3) is 0 Å². The van der Waals surface area contributed by atoms with Crippen molar-refractivity contribution in [3.63, 3.8) is 0 Å². The number of oxime groups is 1. The van der Waals surface area contributed by atoms with Crippen LogP contribution in [0, 0.1) is 5.41 Å². The summed E-state index contributed by atoms with van der Waals surface area (Å²) in [5.74, 6) is -1.09. The zero-order chi connectivity index (χ0) is 10.1. The Bertz CT molecular complexity index is 217. The number of halogens is 1. The first-order valence-electron chi connectivity index (χ1n) is 4.06. The first-order chi connectivity index (χ1) is 5.90. The van der Waals surface area contributed by atoms with Crippen molar-refractivity contribution in [1.82, 2.24) is 0 Å². The van der Waals surface area contributed by atoms with E-state index in [1.807, 2.05) is 13.8 Å². The topological polar surface area (TPSA) is 51.0 Å². The van der Waals surface area contributed by atoms with E-state index in [0.717, 1.165) is 0 Å². The van der Waals surface area contributed by atoms with Gasteiger partial charge in [-0.05, 0) is 6.92 Å². The van der Waals surface area contributed by atoms with Crippen LogP contribution in [0.25, 0.3) is 0 Å². The largest absolute Gasteiger partial charge is 0.410 e. The second-order valence-corrected chi connectivity index (χ2v) is 4.44. The molecule has 1 fully saturated rings. The maximum Gasteiger partial charge on any atom is 0.224 e. The molecule has 0 unspecified atom stereocenters. The molecule has 1 saturated heterocycles. The summed E-state index contributed by atoms with van der Waals surface area (Å²) in [5, 5.41) is 11.3. The average molecular weight is 208 g/mol. The Balaban J connectivity index is 2.67. The monoisotopic (exact) mass is 207 g/mol. The molecule has 0 spiro atoms. The van der Waals surface area contributed by atoms with Gasteiger partial charge in [0, 0.05) is 5.41 Å². The predicted molar refractivity (Wildman–Crippen MR) is 49.2 cm³/mol. The van der Waals surface area contributed by atoms with Gasteiger partial charge in [-0.1, -0.05) is 30.6 Å². The van der Waals surface area contributed by atoms with Gasteiger partial charge in [0.1, 0.15) is 0 Å². The average Bonchev–Trinajstić information content (AvgIpc) is 2.09. The lowest BCUT2D eigenvalue weighted by Gasteiger charge is -2.39. The van der Waals surface area contributed by atoms with Crippen LogP contribution in [0.3, 0.4) is 0 Å². The summed E-state index contributed by atoms with van der Waals surface area (Å²) in [4.78, 5) is 0. The van der Waals surface area contributed by atoms with Gasteiger partial charge in [-0.15, -0.1) is 0 Å². The third-order valence-electron chi connectivity index (χ3n) is 1.94. The van der Waals surface area contributed by atoms with Crippen molar-refractivity contribution in [2.45, 2.75) is 26.6 Å². The Morgan fingerprint density at radius 2 is 1.77 bits per heavy atom. The summed E-state index contributed by atoms with van der Waals surface area (Å²) in [6.07, 6.45) is 0. The standard InChI is InChI=1S/C8H14ClNO3/c1-7(2)4-12-8(3,13-5-7)6(9)10-11/h11H,4-5H2,1-3H3/b10-6+. The lowest BCUT2D eigenvalue weighted by atomic mass is 9.95. The smallest absolute Gasteiger partial charge is 0.224 e. The number of hydrogen-bond acceptors (Lipinski definition) is 4. The van der Waals surface area contributed by atoms with Crippen molar-refractivity contribution in [3.05, 3.63) is 0 Å². The highest BCUT2D eigenvalue weighted by atomic mass is 35.5. The van der Waals surface area contributed by atoms with E-state index in [1.54, 1.807) is 6.92 Å². The third kappa shape index (κ3) is 2.33. The SMILES string of the molecule is CC1(C)COC(C)(/C(Cl)=N\O)OC1. The third-order valence-corrected chi connectivity index (χ3v) is 2.36. The van der Waals surface area contributed by atoms with Gasteiger partial charge in [0.15, 0.2) is 0 Å². The van der Waals surface area contributed by atoms with E-state index in [0.29, 0.717) is 13.2 Å². The lowest BCUT2D eigenvalue weighted by molar-refractivity contribution is -0.249. The highest BCUT2D eigenvalue weighted by molar-refractivity contribution is 6.67. The van der Waals surface area contributed by atoms with Crippen LogP contribution in [0.15, 0.2) is 5.16 Å². The number of ether oxygens (including phenoxy) is 2. The van der Waals surface area contributed by atoms with E-state index in [1.165, 1.54) is 0 Å². The summed E-state index contributed by atoms with van der Waals surface area (Å²) >= 11 is 5.63. The van der Waals surface area contributed by atoms with Gasteiger partial charge in [0.2, 0.25) is 11.0 Å². The molecular weight excluding hydrogens is 194 g/mol. The van der Waals surface area contributed by atoms with Crippen LogP contribution in [0.2, 0.25) is 0 Å². The van der Waals surface area contributed by atoms with E-state index in [4.69, 9.17) is 26.3 Å². The predicted octanol–water partition coefficient (Wildman–Crippen LogP) is 1.80. The highest BCUT2D eigenvalue weighted by Gasteiger charge is 2.40. The molecule has 1 N–H and O–H groups in total. The Labute approximate surface area is 82.5 Å². The molecule has 13 heavy (non-hydrogen) atoms. The quantitative estimate of drug-likeness (QED) is 0.405. The maximum atomic E-state index is 8.48. The summed E-state index contributed by atoms with van der Waals surface area (Å²) in [5.41, 5.74) is -0.0217. The highest BCUT2D eigenvalue weighted by Crippen LogP contribution is 2.30. The lowest BCUT2D eigenvalue weighted by Crippen LogP contribution is -2.49. The van der Waals surface area contributed by atoms with E-state index >= 15 is 0 Å². The maximum absolute atomic E-state index is 8.48. The summed E-state index contributed by atoms with van der Waals surface area (Å²) in [6.45, 7) is 6.72. The first-order valence-corrected chi connectivity index (χ1v) is 4.43. The van der Waals surface area contributed by atoms with Gasteiger partial charge in [-0.3, -0.25) is 0 Å². The molecule has 1 aliphatic rings. The number of rotatable bonds is 1. The second-order valence-electron chi connectivity index (χ2n) is 4.08. The summed E-state index contributed by atoms with van der Waals surface area (Å²) in [6, 6.07) is 0. The summed E-state index contributed by atoms with van der Waals surface area (Å²) < 4.78 is 10.8. The molecular formula is C8H14ClNO3. The van der Waals surface area contributed by atoms with Crippen molar-refractivity contribution in [1.29, 1.82) is 0 Å². The molecule has 1 aliphatic heterocycles. The molecule has 0 saturated carbocycles. The fourth-order valence-corrected chi connectivity index (χ4v) is 1.07. The molecule has 0 aromatic heterocycles. The van der Waals surface area contributed by atoms with Crippen LogP contribution in [0.5, 0.6) is 0 Å². The zero-order valence-electron chi connectivity index (χ0n) is 8.00. The van der Waals surface area contributed by atoms with Crippen molar-refractivity contribution in [2.24, 2.45) is 10.6 Å². The van der Waals surface area contributed by atoms with Crippen LogP contribution in [0.1, 0.15) is 20.8 Å². The summed E-state index contributed by atoms with van der Waals surface area (Å²) in [7, 11) is 0. The molecule has 76 valence electrons. The molecule has 4 nitrogen and oxygen atoms in total. The second kappa shape index (κ2) is 3.44. The minimum Gasteiger partial charge on any atom is -0.410 e. The van der Waals surface area contributed by atoms with Gasteiger partial charge in [0.05, 0.1) is 13.2 Å². The van der Waals surface area contributed by atoms with E-state index < -0.39 is 5.79 Å². The molecule has 1 rings (SSSR count). The Kier molecular flexibility index (Phi) is 2.85. The van der Waals surface area contributed by atoms with E-state index in [-0.39, 0.29) is 10.6 Å². The molecule has 0 atom stereocenters. The number of nitrogens with zero attached hydrogens (tertiary/aromatic N) is 1. The Morgan fingerprint density at radius 1 is 1.31 bits per heavy atom. The van der Waals surface area contributed by atoms with Crippen LogP contribution >= 0.6 is 11.6 Å². The van der Waals surface area contributed by atoms with Gasteiger partial charge in [-0.25, -0.2) is 0 Å². The van der Waals surface area contributed by atoms with Crippen LogP contribution < -0.4 is 0 Å². The zero-order valence-corrected chi connectivity index (χ0v) is 8.76. The Morgan fingerprint density at radius 3 is 2.15 bits per heavy atom. The van der Waals surface area contributed by atoms with Crippen LogP contribution in [-0.2, 0) is 9.47 Å². The van der Waals surface area contributed by atoms with Crippen molar-refractivity contribution >= 4 is 16.8 Å². The molecule has 5 heteroatoms. The van der Waals surface area contributed by atoms with Gasteiger partial charge < -0.3 is 14.7 Å². The normalized spacial score (nSPS) is 27.2. The molecule has 0 bridgehead atoms. The van der Waals surface area contributed by atoms with Crippen LogP contribution in [-0.4, -0.2) is 29.4 Å². The van der Waals surface area contributed by atoms with E-state index in [9.17, 15) is 0 Å². The Hall–Kier alpha value is -0.320. The fraction of sp³-hybridized carbons (Fsp3) is 0.875. The van der Waals surface area contributed by atoms with Gasteiger partial charge >= 0.3 is 0 Å². The first kappa shape index (κ1) is 10.8. The number of hydrogen-bond donors (Lipinski definition) is 1.